The van der Waals surface area contributed by atoms with Crippen LogP contribution in [0, 0.1) is 5.92 Å². The molecule has 0 spiro atoms. The quantitative estimate of drug-likeness (QED) is 0.853. The SMILES string of the molecule is C[C@@H]1CN(C[C@@H](O)Cn2cccn2)C[C@@H](C2CC2)O1. The first-order chi connectivity index (χ1) is 9.20. The Bertz CT molecular complexity index is 391. The van der Waals surface area contributed by atoms with Crippen LogP contribution < -0.4 is 0 Å². The van der Waals surface area contributed by atoms with E-state index in [4.69, 9.17) is 4.74 Å². The average molecular weight is 265 g/mol. The molecule has 106 valence electrons. The molecule has 1 saturated heterocycles. The minimum Gasteiger partial charge on any atom is -0.390 e. The van der Waals surface area contributed by atoms with Crippen LogP contribution in [-0.2, 0) is 11.3 Å². The highest BCUT2D eigenvalue weighted by molar-refractivity contribution is 4.88. The second kappa shape index (κ2) is 5.61. The molecule has 1 aliphatic heterocycles. The third kappa shape index (κ3) is 3.55. The third-order valence-corrected chi connectivity index (χ3v) is 3.93. The molecule has 1 aromatic rings. The lowest BCUT2D eigenvalue weighted by molar-refractivity contribution is -0.0937. The predicted molar refractivity (Wildman–Crippen MR) is 71.7 cm³/mol. The van der Waals surface area contributed by atoms with Gasteiger partial charge in [-0.3, -0.25) is 9.58 Å². The van der Waals surface area contributed by atoms with E-state index in [1.807, 2.05) is 12.3 Å². The minimum atomic E-state index is -0.370. The Morgan fingerprint density at radius 3 is 2.89 bits per heavy atom. The average Bonchev–Trinajstić information content (AvgIpc) is 3.08. The van der Waals surface area contributed by atoms with Crippen molar-refractivity contribution in [2.45, 2.75) is 44.6 Å². The summed E-state index contributed by atoms with van der Waals surface area (Å²) in [6.45, 7) is 5.27. The number of aromatic nitrogens is 2. The molecule has 1 N–H and O–H groups in total. The van der Waals surface area contributed by atoms with Gasteiger partial charge in [-0.2, -0.15) is 5.10 Å². The van der Waals surface area contributed by atoms with Gasteiger partial charge < -0.3 is 9.84 Å². The zero-order chi connectivity index (χ0) is 13.2. The van der Waals surface area contributed by atoms with Crippen molar-refractivity contribution in [2.24, 2.45) is 5.92 Å². The molecule has 5 heteroatoms. The summed E-state index contributed by atoms with van der Waals surface area (Å²) in [5.74, 6) is 0.758. The van der Waals surface area contributed by atoms with E-state index in [2.05, 4.69) is 16.9 Å². The Morgan fingerprint density at radius 2 is 2.21 bits per heavy atom. The topological polar surface area (TPSA) is 50.5 Å². The first kappa shape index (κ1) is 13.1. The second-order valence-electron chi connectivity index (χ2n) is 5.92. The second-order valence-corrected chi connectivity index (χ2v) is 5.92. The Morgan fingerprint density at radius 1 is 1.37 bits per heavy atom. The van der Waals surface area contributed by atoms with Crippen molar-refractivity contribution in [3.05, 3.63) is 18.5 Å². The molecule has 1 aromatic heterocycles. The lowest BCUT2D eigenvalue weighted by Gasteiger charge is -2.37. The summed E-state index contributed by atoms with van der Waals surface area (Å²) in [6, 6.07) is 1.88. The number of hydrogen-bond acceptors (Lipinski definition) is 4. The number of aliphatic hydroxyl groups excluding tert-OH is 1. The maximum Gasteiger partial charge on any atom is 0.0862 e. The monoisotopic (exact) mass is 265 g/mol. The summed E-state index contributed by atoms with van der Waals surface area (Å²) < 4.78 is 7.77. The standard InChI is InChI=1S/C14H23N3O2/c1-11-7-16(10-14(19-11)12-3-4-12)8-13(18)9-17-6-2-5-15-17/h2,5-6,11-14,18H,3-4,7-10H2,1H3/t11-,13-,14+/m1/s1. The predicted octanol–water partition coefficient (Wildman–Crippen LogP) is 0.743. The molecule has 2 fully saturated rings. The molecule has 2 aliphatic rings. The molecule has 0 aromatic carbocycles. The van der Waals surface area contributed by atoms with Crippen molar-refractivity contribution >= 4 is 0 Å². The Balaban J connectivity index is 1.50. The van der Waals surface area contributed by atoms with Crippen molar-refractivity contribution < 1.29 is 9.84 Å². The summed E-state index contributed by atoms with van der Waals surface area (Å²) in [5.41, 5.74) is 0. The van der Waals surface area contributed by atoms with Gasteiger partial charge in [0.2, 0.25) is 0 Å². The zero-order valence-electron chi connectivity index (χ0n) is 11.5. The number of rotatable bonds is 5. The zero-order valence-corrected chi connectivity index (χ0v) is 11.5. The van der Waals surface area contributed by atoms with Crippen molar-refractivity contribution in [1.82, 2.24) is 14.7 Å². The van der Waals surface area contributed by atoms with Gasteiger partial charge in [-0.25, -0.2) is 0 Å². The maximum absolute atomic E-state index is 10.2. The fourth-order valence-electron chi connectivity index (χ4n) is 2.93. The van der Waals surface area contributed by atoms with Gasteiger partial charge >= 0.3 is 0 Å². The summed E-state index contributed by atoms with van der Waals surface area (Å²) >= 11 is 0. The van der Waals surface area contributed by atoms with E-state index in [0.29, 0.717) is 19.2 Å². The highest BCUT2D eigenvalue weighted by Crippen LogP contribution is 2.36. The Kier molecular flexibility index (Phi) is 3.86. The highest BCUT2D eigenvalue weighted by Gasteiger charge is 2.37. The summed E-state index contributed by atoms with van der Waals surface area (Å²) in [6.07, 6.45) is 6.52. The van der Waals surface area contributed by atoms with Crippen LogP contribution in [0.2, 0.25) is 0 Å². The van der Waals surface area contributed by atoms with E-state index < -0.39 is 0 Å². The van der Waals surface area contributed by atoms with Crippen LogP contribution in [0.25, 0.3) is 0 Å². The van der Waals surface area contributed by atoms with E-state index in [9.17, 15) is 5.11 Å². The molecule has 0 radical (unpaired) electrons. The maximum atomic E-state index is 10.2. The third-order valence-electron chi connectivity index (χ3n) is 3.93. The van der Waals surface area contributed by atoms with Gasteiger partial charge in [0.1, 0.15) is 0 Å². The van der Waals surface area contributed by atoms with Gasteiger partial charge in [0, 0.05) is 32.0 Å². The van der Waals surface area contributed by atoms with E-state index in [1.54, 1.807) is 10.9 Å². The Labute approximate surface area is 114 Å². The molecule has 0 amide bonds. The smallest absolute Gasteiger partial charge is 0.0862 e. The van der Waals surface area contributed by atoms with Crippen molar-refractivity contribution in [3.8, 4) is 0 Å². The summed E-state index contributed by atoms with van der Waals surface area (Å²) in [4.78, 5) is 2.34. The molecule has 1 saturated carbocycles. The van der Waals surface area contributed by atoms with Gasteiger partial charge in [0.05, 0.1) is 24.9 Å². The lowest BCUT2D eigenvalue weighted by Crippen LogP contribution is -2.50. The molecule has 2 heterocycles. The molecule has 5 nitrogen and oxygen atoms in total. The lowest BCUT2D eigenvalue weighted by atomic mass is 10.1. The first-order valence-electron chi connectivity index (χ1n) is 7.24. The van der Waals surface area contributed by atoms with Crippen LogP contribution in [0.3, 0.4) is 0 Å². The number of morpholine rings is 1. The first-order valence-corrected chi connectivity index (χ1v) is 7.24. The van der Waals surface area contributed by atoms with E-state index >= 15 is 0 Å². The Hall–Kier alpha value is -0.910. The molecule has 3 rings (SSSR count). The van der Waals surface area contributed by atoms with E-state index in [1.165, 1.54) is 12.8 Å². The number of hydrogen-bond donors (Lipinski definition) is 1. The van der Waals surface area contributed by atoms with Crippen LogP contribution in [0.5, 0.6) is 0 Å². The summed E-state index contributed by atoms with van der Waals surface area (Å²) in [7, 11) is 0. The van der Waals surface area contributed by atoms with Crippen molar-refractivity contribution in [3.63, 3.8) is 0 Å². The molecule has 19 heavy (non-hydrogen) atoms. The molecular weight excluding hydrogens is 242 g/mol. The highest BCUT2D eigenvalue weighted by atomic mass is 16.5. The molecule has 1 aliphatic carbocycles. The summed E-state index contributed by atoms with van der Waals surface area (Å²) in [5, 5.41) is 14.3. The van der Waals surface area contributed by atoms with Gasteiger partial charge in [-0.1, -0.05) is 0 Å². The van der Waals surface area contributed by atoms with Gasteiger partial charge in [-0.05, 0) is 31.7 Å². The fraction of sp³-hybridized carbons (Fsp3) is 0.786. The molecule has 0 unspecified atom stereocenters. The van der Waals surface area contributed by atoms with Crippen molar-refractivity contribution in [2.75, 3.05) is 19.6 Å². The molecule has 0 bridgehead atoms. The van der Waals surface area contributed by atoms with Gasteiger partial charge in [-0.15, -0.1) is 0 Å². The van der Waals surface area contributed by atoms with Gasteiger partial charge in [0.15, 0.2) is 0 Å². The van der Waals surface area contributed by atoms with E-state index in [-0.39, 0.29) is 12.2 Å². The largest absolute Gasteiger partial charge is 0.390 e. The van der Waals surface area contributed by atoms with Gasteiger partial charge in [0.25, 0.3) is 0 Å². The number of β-amino-alcohol motifs (C(OH)–C–C–N with tert-alkyl or cyclic N) is 1. The normalized spacial score (nSPS) is 30.4. The van der Waals surface area contributed by atoms with E-state index in [0.717, 1.165) is 19.0 Å². The minimum absolute atomic E-state index is 0.274. The van der Waals surface area contributed by atoms with Crippen LogP contribution in [0.1, 0.15) is 19.8 Å². The number of ether oxygens (including phenoxy) is 1. The number of aliphatic hydroxyl groups is 1. The van der Waals surface area contributed by atoms with Crippen LogP contribution in [0.4, 0.5) is 0 Å². The number of nitrogens with zero attached hydrogens (tertiary/aromatic N) is 3. The fourth-order valence-corrected chi connectivity index (χ4v) is 2.93. The van der Waals surface area contributed by atoms with Crippen LogP contribution in [0.15, 0.2) is 18.5 Å². The van der Waals surface area contributed by atoms with Crippen LogP contribution in [-0.4, -0.2) is 57.7 Å². The molecular formula is C14H23N3O2. The molecule has 3 atom stereocenters. The van der Waals surface area contributed by atoms with Crippen molar-refractivity contribution in [1.29, 1.82) is 0 Å². The van der Waals surface area contributed by atoms with Crippen LogP contribution >= 0.6 is 0 Å².